The molecule has 1 N–H and O–H groups in total. The molecule has 1 aromatic rings. The van der Waals surface area contributed by atoms with Gasteiger partial charge in [-0.25, -0.2) is 0 Å². The van der Waals surface area contributed by atoms with E-state index in [-0.39, 0.29) is 0 Å². The van der Waals surface area contributed by atoms with Crippen LogP contribution in [0.2, 0.25) is 0 Å². The number of hydrogen-bond donors (Lipinski definition) is 1. The van der Waals surface area contributed by atoms with Crippen molar-refractivity contribution in [1.29, 1.82) is 0 Å². The zero-order chi connectivity index (χ0) is 12.3. The van der Waals surface area contributed by atoms with Crippen LogP contribution in [0.5, 0.6) is 11.5 Å². The predicted molar refractivity (Wildman–Crippen MR) is 64.8 cm³/mol. The van der Waals surface area contributed by atoms with Gasteiger partial charge in [0.1, 0.15) is 6.10 Å². The third kappa shape index (κ3) is 3.08. The van der Waals surface area contributed by atoms with Gasteiger partial charge in [0.25, 0.3) is 0 Å². The summed E-state index contributed by atoms with van der Waals surface area (Å²) in [6.45, 7) is 0. The number of benzene rings is 1. The van der Waals surface area contributed by atoms with Crippen LogP contribution in [-0.2, 0) is 0 Å². The fourth-order valence-corrected chi connectivity index (χ4v) is 1.59. The molecular formula is C10H11Cl3O3. The number of ether oxygens (including phenoxy) is 2. The van der Waals surface area contributed by atoms with Crippen molar-refractivity contribution in [3.8, 4) is 11.5 Å². The van der Waals surface area contributed by atoms with Crippen LogP contribution in [0.25, 0.3) is 0 Å². The van der Waals surface area contributed by atoms with Crippen LogP contribution in [0.15, 0.2) is 18.2 Å². The number of methoxy groups -OCH3 is 2. The highest BCUT2D eigenvalue weighted by Gasteiger charge is 2.32. The molecular weight excluding hydrogens is 274 g/mol. The van der Waals surface area contributed by atoms with Gasteiger partial charge in [-0.3, -0.25) is 0 Å². The molecule has 0 amide bonds. The Morgan fingerprint density at radius 1 is 1.12 bits per heavy atom. The maximum Gasteiger partial charge on any atom is 0.220 e. The van der Waals surface area contributed by atoms with E-state index in [9.17, 15) is 5.11 Å². The lowest BCUT2D eigenvalue weighted by Crippen LogP contribution is -2.16. The minimum absolute atomic E-state index is 0.442. The molecule has 0 fully saturated rings. The van der Waals surface area contributed by atoms with Crippen molar-refractivity contribution >= 4 is 34.8 Å². The van der Waals surface area contributed by atoms with Crippen molar-refractivity contribution in [3.05, 3.63) is 23.8 Å². The van der Waals surface area contributed by atoms with Gasteiger partial charge in [-0.15, -0.1) is 0 Å². The summed E-state index contributed by atoms with van der Waals surface area (Å²) in [5.41, 5.74) is 0.442. The quantitative estimate of drug-likeness (QED) is 0.867. The number of rotatable bonds is 3. The van der Waals surface area contributed by atoms with Crippen LogP contribution in [0, 0.1) is 0 Å². The van der Waals surface area contributed by atoms with E-state index in [1.54, 1.807) is 18.2 Å². The Kier molecular flexibility index (Phi) is 4.56. The number of hydrogen-bond acceptors (Lipinski definition) is 3. The largest absolute Gasteiger partial charge is 0.493 e. The zero-order valence-corrected chi connectivity index (χ0v) is 11.0. The first-order chi connectivity index (χ1) is 7.40. The fourth-order valence-electron chi connectivity index (χ4n) is 1.21. The molecule has 1 rings (SSSR count). The smallest absolute Gasteiger partial charge is 0.220 e. The molecule has 0 aliphatic rings. The lowest BCUT2D eigenvalue weighted by atomic mass is 10.1. The first-order valence-corrected chi connectivity index (χ1v) is 5.50. The summed E-state index contributed by atoms with van der Waals surface area (Å²) >= 11 is 16.8. The molecule has 3 nitrogen and oxygen atoms in total. The normalized spacial score (nSPS) is 13.4. The van der Waals surface area contributed by atoms with Crippen molar-refractivity contribution < 1.29 is 14.6 Å². The zero-order valence-electron chi connectivity index (χ0n) is 8.71. The molecule has 0 saturated carbocycles. The second-order valence-electron chi connectivity index (χ2n) is 3.06. The lowest BCUT2D eigenvalue weighted by molar-refractivity contribution is 0.182. The number of aliphatic hydroxyl groups is 1. The molecule has 1 unspecified atom stereocenters. The topological polar surface area (TPSA) is 38.7 Å². The van der Waals surface area contributed by atoms with Gasteiger partial charge in [0.15, 0.2) is 11.5 Å². The molecule has 0 aliphatic carbocycles. The lowest BCUT2D eigenvalue weighted by Gasteiger charge is -2.20. The highest BCUT2D eigenvalue weighted by atomic mass is 35.6. The number of halogens is 3. The maximum atomic E-state index is 9.75. The molecule has 16 heavy (non-hydrogen) atoms. The summed E-state index contributed by atoms with van der Waals surface area (Å²) in [6.07, 6.45) is -1.22. The Balaban J connectivity index is 3.08. The molecule has 90 valence electrons. The Morgan fingerprint density at radius 2 is 1.69 bits per heavy atom. The minimum atomic E-state index is -1.78. The summed E-state index contributed by atoms with van der Waals surface area (Å²) in [5, 5.41) is 9.75. The van der Waals surface area contributed by atoms with Crippen molar-refractivity contribution in [2.45, 2.75) is 9.90 Å². The summed E-state index contributed by atoms with van der Waals surface area (Å²) in [4.78, 5) is 0. The molecule has 0 aliphatic heterocycles. The highest BCUT2D eigenvalue weighted by Crippen LogP contribution is 2.41. The van der Waals surface area contributed by atoms with Gasteiger partial charge in [-0.05, 0) is 17.7 Å². The average Bonchev–Trinajstić information content (AvgIpc) is 2.25. The van der Waals surface area contributed by atoms with Gasteiger partial charge < -0.3 is 14.6 Å². The SMILES string of the molecule is COc1ccc(C(O)C(Cl)(Cl)Cl)cc1OC. The summed E-state index contributed by atoms with van der Waals surface area (Å²) in [5.74, 6) is 1.01. The molecule has 0 heterocycles. The van der Waals surface area contributed by atoms with Gasteiger partial charge in [0.2, 0.25) is 3.79 Å². The van der Waals surface area contributed by atoms with E-state index in [1.807, 2.05) is 0 Å². The Labute approximate surface area is 109 Å². The van der Waals surface area contributed by atoms with Gasteiger partial charge in [-0.1, -0.05) is 40.9 Å². The van der Waals surface area contributed by atoms with E-state index in [1.165, 1.54) is 14.2 Å². The van der Waals surface area contributed by atoms with Crippen LogP contribution < -0.4 is 9.47 Å². The van der Waals surface area contributed by atoms with Crippen LogP contribution >= 0.6 is 34.8 Å². The maximum absolute atomic E-state index is 9.75. The Morgan fingerprint density at radius 3 is 2.12 bits per heavy atom. The van der Waals surface area contributed by atoms with E-state index in [0.717, 1.165) is 0 Å². The van der Waals surface area contributed by atoms with E-state index < -0.39 is 9.90 Å². The Bertz CT molecular complexity index is 363. The third-order valence-electron chi connectivity index (χ3n) is 2.03. The first kappa shape index (κ1) is 13.7. The molecule has 0 radical (unpaired) electrons. The summed E-state index contributed by atoms with van der Waals surface area (Å²) in [7, 11) is 3.01. The van der Waals surface area contributed by atoms with Gasteiger partial charge in [0, 0.05) is 0 Å². The second kappa shape index (κ2) is 5.32. The van der Waals surface area contributed by atoms with E-state index in [2.05, 4.69) is 0 Å². The summed E-state index contributed by atoms with van der Waals surface area (Å²) in [6, 6.07) is 4.80. The van der Waals surface area contributed by atoms with Gasteiger partial charge >= 0.3 is 0 Å². The van der Waals surface area contributed by atoms with Gasteiger partial charge in [-0.2, -0.15) is 0 Å². The van der Waals surface area contributed by atoms with Crippen molar-refractivity contribution in [1.82, 2.24) is 0 Å². The Hall–Kier alpha value is -0.350. The second-order valence-corrected chi connectivity index (χ2v) is 5.43. The number of aliphatic hydroxyl groups excluding tert-OH is 1. The third-order valence-corrected chi connectivity index (χ3v) is 2.65. The molecule has 1 atom stereocenters. The monoisotopic (exact) mass is 284 g/mol. The molecule has 6 heteroatoms. The van der Waals surface area contributed by atoms with Crippen LogP contribution in [-0.4, -0.2) is 23.1 Å². The molecule has 0 saturated heterocycles. The van der Waals surface area contributed by atoms with Gasteiger partial charge in [0.05, 0.1) is 14.2 Å². The fraction of sp³-hybridized carbons (Fsp3) is 0.400. The highest BCUT2D eigenvalue weighted by molar-refractivity contribution is 6.68. The van der Waals surface area contributed by atoms with Crippen molar-refractivity contribution in [3.63, 3.8) is 0 Å². The molecule has 0 bridgehead atoms. The minimum Gasteiger partial charge on any atom is -0.493 e. The van der Waals surface area contributed by atoms with E-state index in [0.29, 0.717) is 17.1 Å². The molecule has 1 aromatic carbocycles. The standard InChI is InChI=1S/C10H11Cl3O3/c1-15-7-4-3-6(5-8(7)16-2)9(14)10(11,12)13/h3-5,9,14H,1-2H3. The molecule has 0 aromatic heterocycles. The predicted octanol–water partition coefficient (Wildman–Crippen LogP) is 3.11. The molecule has 0 spiro atoms. The average molecular weight is 286 g/mol. The van der Waals surface area contributed by atoms with Crippen molar-refractivity contribution in [2.24, 2.45) is 0 Å². The van der Waals surface area contributed by atoms with Crippen LogP contribution in [0.4, 0.5) is 0 Å². The summed E-state index contributed by atoms with van der Waals surface area (Å²) < 4.78 is 8.35. The number of alkyl halides is 3. The van der Waals surface area contributed by atoms with Crippen LogP contribution in [0.3, 0.4) is 0 Å². The first-order valence-electron chi connectivity index (χ1n) is 4.37. The van der Waals surface area contributed by atoms with Crippen LogP contribution in [0.1, 0.15) is 11.7 Å². The van der Waals surface area contributed by atoms with E-state index in [4.69, 9.17) is 44.3 Å². The van der Waals surface area contributed by atoms with Crippen molar-refractivity contribution in [2.75, 3.05) is 14.2 Å². The van der Waals surface area contributed by atoms with E-state index >= 15 is 0 Å².